The molecule has 52 heavy (non-hydrogen) atoms. The summed E-state index contributed by atoms with van der Waals surface area (Å²) in [5.41, 5.74) is 2.85. The number of aliphatic carboxylic acids is 1. The van der Waals surface area contributed by atoms with Crippen molar-refractivity contribution in [3.63, 3.8) is 0 Å². The van der Waals surface area contributed by atoms with Gasteiger partial charge in [-0.25, -0.2) is 0 Å². The number of Topliss-reactive ketones (excluding diaryl/α,β-unsaturated/α-hetero) is 2. The van der Waals surface area contributed by atoms with Crippen molar-refractivity contribution in [1.82, 2.24) is 5.32 Å². The number of aromatic hydroxyl groups is 1. The van der Waals surface area contributed by atoms with Gasteiger partial charge >= 0.3 is 5.97 Å². The topological polar surface area (TPSA) is 121 Å². The molecule has 5 saturated carbocycles. The summed E-state index contributed by atoms with van der Waals surface area (Å²) in [6, 6.07) is 4.93. The lowest BCUT2D eigenvalue weighted by atomic mass is 9.37. The van der Waals surface area contributed by atoms with E-state index in [1.54, 1.807) is 12.1 Å². The quantitative estimate of drug-likeness (QED) is 0.233. The van der Waals surface area contributed by atoms with E-state index in [1.165, 1.54) is 24.5 Å². The molecule has 0 aliphatic heterocycles. The monoisotopic (exact) mass is 733 g/mol. The van der Waals surface area contributed by atoms with Crippen LogP contribution in [0.5, 0.6) is 5.75 Å². The van der Waals surface area contributed by atoms with E-state index in [2.05, 4.69) is 39.9 Å². The number of benzene rings is 1. The SMILES string of the molecule is CC(C)C1=C2C3CCC4C(C)(CCC5C(C)C(CC(=O)C6CC(C(=O)O)C6C)CCC54C)C3CCC2(CC(=O)NCc2ccc(Cl)cc2O)CC1=O. The first kappa shape index (κ1) is 37.6. The highest BCUT2D eigenvalue weighted by Crippen LogP contribution is 2.72. The number of hydrogen-bond donors (Lipinski definition) is 3. The second-order valence-corrected chi connectivity index (χ2v) is 19.5. The molecule has 6 aliphatic carbocycles. The van der Waals surface area contributed by atoms with Crippen molar-refractivity contribution >= 4 is 35.0 Å². The van der Waals surface area contributed by atoms with E-state index in [1.807, 2.05) is 6.92 Å². The standard InChI is InChI=1S/C44H60ClNO6/c1-23(2)39-36(49)20-44(21-38(50)46-22-27-7-8-28(45)18-34(27)47)16-13-33-29(40(39)44)9-10-37-42(5)14-11-26(24(3)32(42)12-15-43(33,37)6)17-35(48)30-19-31(25(30)4)41(51)52/h7-8,18,23-26,29-33,37,47H,9-17,19-22H2,1-6H3,(H,46,50)(H,51,52). The summed E-state index contributed by atoms with van der Waals surface area (Å²) >= 11 is 6.02. The molecule has 0 heterocycles. The van der Waals surface area contributed by atoms with Crippen molar-refractivity contribution in [2.75, 3.05) is 0 Å². The van der Waals surface area contributed by atoms with Crippen LogP contribution in [0, 0.1) is 75.4 Å². The van der Waals surface area contributed by atoms with E-state index in [4.69, 9.17) is 11.6 Å². The molecular formula is C44H60ClNO6. The van der Waals surface area contributed by atoms with Crippen LogP contribution in [0.15, 0.2) is 29.3 Å². The number of phenolic OH excluding ortho intramolecular Hbond substituents is 1. The fraction of sp³-hybridized carbons (Fsp3) is 0.727. The highest BCUT2D eigenvalue weighted by atomic mass is 35.5. The van der Waals surface area contributed by atoms with Gasteiger partial charge in [0.2, 0.25) is 5.91 Å². The molecule has 284 valence electrons. The Morgan fingerprint density at radius 1 is 0.942 bits per heavy atom. The number of ketones is 2. The molecule has 12 atom stereocenters. The number of halogens is 1. The molecule has 12 unspecified atom stereocenters. The summed E-state index contributed by atoms with van der Waals surface area (Å²) < 4.78 is 0. The van der Waals surface area contributed by atoms with Gasteiger partial charge in [0.1, 0.15) is 11.5 Å². The molecule has 0 saturated heterocycles. The summed E-state index contributed by atoms with van der Waals surface area (Å²) in [5.74, 6) is 2.12. The molecule has 0 spiro atoms. The number of carboxylic acid groups (broad SMARTS) is 1. The van der Waals surface area contributed by atoms with Gasteiger partial charge in [0.25, 0.3) is 0 Å². The minimum absolute atomic E-state index is 0.0614. The first-order valence-electron chi connectivity index (χ1n) is 20.3. The Kier molecular flexibility index (Phi) is 9.82. The van der Waals surface area contributed by atoms with Crippen molar-refractivity contribution in [1.29, 1.82) is 0 Å². The van der Waals surface area contributed by atoms with E-state index >= 15 is 0 Å². The smallest absolute Gasteiger partial charge is 0.306 e. The second-order valence-electron chi connectivity index (χ2n) is 19.1. The summed E-state index contributed by atoms with van der Waals surface area (Å²) in [6.07, 6.45) is 10.5. The molecule has 5 fully saturated rings. The third kappa shape index (κ3) is 5.98. The van der Waals surface area contributed by atoms with Gasteiger partial charge in [0, 0.05) is 47.7 Å². The molecule has 0 bridgehead atoms. The third-order valence-electron chi connectivity index (χ3n) is 16.5. The average Bonchev–Trinajstić information content (AvgIpc) is 3.36. The van der Waals surface area contributed by atoms with Gasteiger partial charge in [-0.2, -0.15) is 0 Å². The lowest BCUT2D eigenvalue weighted by Crippen LogP contribution is -2.60. The number of carbonyl (C=O) groups is 4. The van der Waals surface area contributed by atoms with Gasteiger partial charge in [0.05, 0.1) is 5.92 Å². The zero-order chi connectivity index (χ0) is 37.5. The van der Waals surface area contributed by atoms with Crippen molar-refractivity contribution in [2.45, 2.75) is 125 Å². The van der Waals surface area contributed by atoms with Crippen molar-refractivity contribution in [2.24, 2.45) is 75.4 Å². The molecule has 0 radical (unpaired) electrons. The summed E-state index contributed by atoms with van der Waals surface area (Å²) in [5, 5.41) is 23.3. The van der Waals surface area contributed by atoms with Gasteiger partial charge in [-0.15, -0.1) is 0 Å². The highest BCUT2D eigenvalue weighted by molar-refractivity contribution is 6.30. The fourth-order valence-corrected chi connectivity index (χ4v) is 14.0. The average molecular weight is 734 g/mol. The van der Waals surface area contributed by atoms with Crippen LogP contribution in [0.3, 0.4) is 0 Å². The van der Waals surface area contributed by atoms with E-state index in [9.17, 15) is 29.4 Å². The molecular weight excluding hydrogens is 674 g/mol. The Labute approximate surface area is 315 Å². The van der Waals surface area contributed by atoms with E-state index in [-0.39, 0.29) is 64.3 Å². The fourth-order valence-electron chi connectivity index (χ4n) is 13.8. The first-order valence-corrected chi connectivity index (χ1v) is 20.7. The number of allylic oxidation sites excluding steroid dienone is 2. The number of carbonyl (C=O) groups excluding carboxylic acids is 3. The predicted molar refractivity (Wildman–Crippen MR) is 201 cm³/mol. The van der Waals surface area contributed by atoms with Crippen LogP contribution in [0.4, 0.5) is 0 Å². The summed E-state index contributed by atoms with van der Waals surface area (Å²) in [6.45, 7) is 14.0. The van der Waals surface area contributed by atoms with Crippen LogP contribution in [-0.4, -0.2) is 33.7 Å². The normalized spacial score (nSPS) is 41.0. The van der Waals surface area contributed by atoms with Crippen molar-refractivity contribution in [3.05, 3.63) is 39.9 Å². The Hall–Kier alpha value is -2.67. The van der Waals surface area contributed by atoms with Crippen molar-refractivity contribution < 1.29 is 29.4 Å². The third-order valence-corrected chi connectivity index (χ3v) is 16.7. The number of carboxylic acids is 1. The van der Waals surface area contributed by atoms with Gasteiger partial charge in [-0.05, 0) is 134 Å². The number of rotatable bonds is 9. The van der Waals surface area contributed by atoms with Gasteiger partial charge < -0.3 is 15.5 Å². The van der Waals surface area contributed by atoms with Crippen LogP contribution in [0.1, 0.15) is 124 Å². The minimum atomic E-state index is -0.768. The first-order chi connectivity index (χ1) is 24.5. The molecule has 8 heteroatoms. The maximum atomic E-state index is 13.9. The van der Waals surface area contributed by atoms with Crippen LogP contribution < -0.4 is 5.32 Å². The number of hydrogen-bond acceptors (Lipinski definition) is 5. The Morgan fingerprint density at radius 3 is 2.31 bits per heavy atom. The maximum Gasteiger partial charge on any atom is 0.306 e. The molecule has 0 aromatic heterocycles. The van der Waals surface area contributed by atoms with Gasteiger partial charge in [0.15, 0.2) is 5.78 Å². The zero-order valence-electron chi connectivity index (χ0n) is 32.1. The number of nitrogens with one attached hydrogen (secondary N) is 1. The molecule has 6 aliphatic rings. The molecule has 1 aromatic carbocycles. The number of phenols is 1. The summed E-state index contributed by atoms with van der Waals surface area (Å²) in [7, 11) is 0. The lowest BCUT2D eigenvalue weighted by Gasteiger charge is -2.67. The molecule has 7 nitrogen and oxygen atoms in total. The number of fused-ring (bicyclic) bond motifs is 7. The van der Waals surface area contributed by atoms with Crippen LogP contribution >= 0.6 is 11.6 Å². The van der Waals surface area contributed by atoms with Gasteiger partial charge in [-0.1, -0.05) is 64.8 Å². The lowest BCUT2D eigenvalue weighted by molar-refractivity contribution is -0.173. The van der Waals surface area contributed by atoms with Gasteiger partial charge in [-0.3, -0.25) is 19.2 Å². The molecule has 7 rings (SSSR count). The van der Waals surface area contributed by atoms with Crippen molar-refractivity contribution in [3.8, 4) is 5.75 Å². The Balaban J connectivity index is 1.08. The Morgan fingerprint density at radius 2 is 1.63 bits per heavy atom. The molecule has 3 N–H and O–H groups in total. The molecule has 1 amide bonds. The Bertz CT molecular complexity index is 1680. The minimum Gasteiger partial charge on any atom is -0.508 e. The van der Waals surface area contributed by atoms with E-state index in [0.717, 1.165) is 44.1 Å². The zero-order valence-corrected chi connectivity index (χ0v) is 32.9. The van der Waals surface area contributed by atoms with E-state index in [0.29, 0.717) is 71.8 Å². The predicted octanol–water partition coefficient (Wildman–Crippen LogP) is 9.18. The largest absolute Gasteiger partial charge is 0.508 e. The number of amides is 1. The van der Waals surface area contributed by atoms with E-state index < -0.39 is 11.4 Å². The molecule has 1 aromatic rings. The highest BCUT2D eigenvalue weighted by Gasteiger charge is 2.65. The van der Waals surface area contributed by atoms with Crippen LogP contribution in [0.25, 0.3) is 0 Å². The second kappa shape index (κ2) is 13.6. The summed E-state index contributed by atoms with van der Waals surface area (Å²) in [4.78, 5) is 52.5. The van der Waals surface area contributed by atoms with Crippen LogP contribution in [-0.2, 0) is 25.7 Å². The van der Waals surface area contributed by atoms with Crippen LogP contribution in [0.2, 0.25) is 5.02 Å². The maximum absolute atomic E-state index is 13.9.